The molecule has 0 aliphatic carbocycles. The van der Waals surface area contributed by atoms with Crippen molar-refractivity contribution in [2.24, 2.45) is 5.41 Å². The van der Waals surface area contributed by atoms with E-state index in [4.69, 9.17) is 4.74 Å². The predicted octanol–water partition coefficient (Wildman–Crippen LogP) is 4.58. The zero-order valence-electron chi connectivity index (χ0n) is 18.3. The lowest BCUT2D eigenvalue weighted by Gasteiger charge is -2.29. The van der Waals surface area contributed by atoms with Gasteiger partial charge in [-0.3, -0.25) is 4.79 Å². The van der Waals surface area contributed by atoms with Crippen LogP contribution >= 0.6 is 0 Å². The van der Waals surface area contributed by atoms with Crippen molar-refractivity contribution < 1.29 is 14.6 Å². The highest BCUT2D eigenvalue weighted by molar-refractivity contribution is 5.76. The van der Waals surface area contributed by atoms with E-state index in [1.54, 1.807) is 0 Å². The third-order valence-corrected chi connectivity index (χ3v) is 5.35. The Labute approximate surface area is 165 Å². The van der Waals surface area contributed by atoms with Gasteiger partial charge in [0.05, 0.1) is 5.41 Å². The number of carbonyl (C=O) groups is 1. The summed E-state index contributed by atoms with van der Waals surface area (Å²) in [6.45, 7) is 11.0. The highest BCUT2D eigenvalue weighted by Crippen LogP contribution is 2.36. The number of hydrogen-bond donors (Lipinski definition) is 1. The Morgan fingerprint density at radius 2 is 1.81 bits per heavy atom. The molecule has 1 aromatic rings. The van der Waals surface area contributed by atoms with Gasteiger partial charge < -0.3 is 14.7 Å². The number of likely N-dealkylation sites (N-methyl/N-ethyl adjacent to an activating group) is 1. The van der Waals surface area contributed by atoms with E-state index in [2.05, 4.69) is 45.0 Å². The Balaban J connectivity index is 2.78. The van der Waals surface area contributed by atoms with Gasteiger partial charge in [-0.1, -0.05) is 45.0 Å². The van der Waals surface area contributed by atoms with Crippen molar-refractivity contribution in [3.8, 4) is 0 Å². The van der Waals surface area contributed by atoms with Crippen LogP contribution in [0, 0.1) is 5.41 Å². The lowest BCUT2D eigenvalue weighted by molar-refractivity contribution is -0.157. The number of esters is 1. The summed E-state index contributed by atoms with van der Waals surface area (Å²) in [5.74, 6) is 0.610. The summed E-state index contributed by atoms with van der Waals surface area (Å²) < 4.78 is 5.41. The summed E-state index contributed by atoms with van der Waals surface area (Å²) >= 11 is 0. The number of nitrogens with zero attached hydrogens (tertiary/aromatic N) is 1. The number of benzene rings is 1. The van der Waals surface area contributed by atoms with Gasteiger partial charge in [0.15, 0.2) is 0 Å². The van der Waals surface area contributed by atoms with E-state index in [0.717, 1.165) is 19.3 Å². The number of aliphatic hydroxyl groups excluding tert-OH is 1. The molecule has 1 N–H and O–H groups in total. The smallest absolute Gasteiger partial charge is 0.311 e. The SMILES string of the molecule is CCC(C)c1cccc(C(CC)CC(C)(C)C(=O)OCC(O)CN(C)C)c1. The summed E-state index contributed by atoms with van der Waals surface area (Å²) in [5, 5.41) is 9.93. The second-order valence-corrected chi connectivity index (χ2v) is 8.69. The average Bonchev–Trinajstić information content (AvgIpc) is 2.62. The van der Waals surface area contributed by atoms with E-state index >= 15 is 0 Å². The Morgan fingerprint density at radius 3 is 2.37 bits per heavy atom. The van der Waals surface area contributed by atoms with Crippen LogP contribution in [0.1, 0.15) is 76.8 Å². The van der Waals surface area contributed by atoms with Gasteiger partial charge in [0.25, 0.3) is 0 Å². The van der Waals surface area contributed by atoms with E-state index < -0.39 is 11.5 Å². The fourth-order valence-electron chi connectivity index (χ4n) is 3.39. The maximum Gasteiger partial charge on any atom is 0.311 e. The van der Waals surface area contributed by atoms with Crippen LogP contribution in [0.25, 0.3) is 0 Å². The van der Waals surface area contributed by atoms with Crippen LogP contribution in [-0.2, 0) is 9.53 Å². The molecular weight excluding hydrogens is 338 g/mol. The monoisotopic (exact) mass is 377 g/mol. The lowest BCUT2D eigenvalue weighted by atomic mass is 9.78. The standard InChI is InChI=1S/C23H39NO3/c1-8-17(3)19-11-10-12-20(13-19)18(9-2)14-23(4,5)22(26)27-16-21(25)15-24(6)7/h10-13,17-18,21,25H,8-9,14-16H2,1-7H3. The van der Waals surface area contributed by atoms with Crippen LogP contribution in [0.5, 0.6) is 0 Å². The first-order valence-electron chi connectivity index (χ1n) is 10.2. The molecule has 4 heteroatoms. The van der Waals surface area contributed by atoms with E-state index in [1.165, 1.54) is 11.1 Å². The third-order valence-electron chi connectivity index (χ3n) is 5.35. The van der Waals surface area contributed by atoms with Gasteiger partial charge in [-0.25, -0.2) is 0 Å². The molecule has 0 heterocycles. The van der Waals surface area contributed by atoms with Gasteiger partial charge in [-0.05, 0) is 70.2 Å². The maximum absolute atomic E-state index is 12.6. The van der Waals surface area contributed by atoms with Gasteiger partial charge >= 0.3 is 5.97 Å². The van der Waals surface area contributed by atoms with E-state index in [9.17, 15) is 9.90 Å². The number of hydrogen-bond acceptors (Lipinski definition) is 4. The summed E-state index contributed by atoms with van der Waals surface area (Å²) in [6, 6.07) is 8.78. The molecule has 0 spiro atoms. The molecule has 0 saturated carbocycles. The highest BCUT2D eigenvalue weighted by atomic mass is 16.5. The third kappa shape index (κ3) is 7.63. The van der Waals surface area contributed by atoms with Crippen molar-refractivity contribution in [3.05, 3.63) is 35.4 Å². The topological polar surface area (TPSA) is 49.8 Å². The fraction of sp³-hybridized carbons (Fsp3) is 0.696. The first-order chi connectivity index (χ1) is 12.6. The Bertz CT molecular complexity index is 583. The number of ether oxygens (including phenoxy) is 1. The van der Waals surface area contributed by atoms with Crippen molar-refractivity contribution >= 4 is 5.97 Å². The molecule has 1 aromatic carbocycles. The largest absolute Gasteiger partial charge is 0.462 e. The quantitative estimate of drug-likeness (QED) is 0.574. The Morgan fingerprint density at radius 1 is 1.19 bits per heavy atom. The number of rotatable bonds is 11. The van der Waals surface area contributed by atoms with Gasteiger partial charge in [0.1, 0.15) is 12.7 Å². The van der Waals surface area contributed by atoms with Crippen LogP contribution in [0.4, 0.5) is 0 Å². The molecule has 0 radical (unpaired) electrons. The maximum atomic E-state index is 12.6. The van der Waals surface area contributed by atoms with E-state index in [-0.39, 0.29) is 12.6 Å². The van der Waals surface area contributed by atoms with Crippen LogP contribution in [0.15, 0.2) is 24.3 Å². The zero-order chi connectivity index (χ0) is 20.6. The predicted molar refractivity (Wildman–Crippen MR) is 112 cm³/mol. The van der Waals surface area contributed by atoms with Crippen molar-refractivity contribution in [1.82, 2.24) is 4.90 Å². The molecular formula is C23H39NO3. The first-order valence-corrected chi connectivity index (χ1v) is 10.2. The van der Waals surface area contributed by atoms with Crippen molar-refractivity contribution in [2.45, 2.75) is 71.8 Å². The lowest BCUT2D eigenvalue weighted by Crippen LogP contribution is -2.34. The number of aliphatic hydroxyl groups is 1. The molecule has 154 valence electrons. The highest BCUT2D eigenvalue weighted by Gasteiger charge is 2.33. The van der Waals surface area contributed by atoms with Crippen LogP contribution in [-0.4, -0.2) is 49.3 Å². The molecule has 3 unspecified atom stereocenters. The number of carbonyl (C=O) groups excluding carboxylic acids is 1. The first kappa shape index (κ1) is 23.6. The summed E-state index contributed by atoms with van der Waals surface area (Å²) in [7, 11) is 3.77. The zero-order valence-corrected chi connectivity index (χ0v) is 18.3. The normalized spacial score (nSPS) is 15.4. The van der Waals surface area contributed by atoms with Crippen molar-refractivity contribution in [2.75, 3.05) is 27.2 Å². The summed E-state index contributed by atoms with van der Waals surface area (Å²) in [5.41, 5.74) is 2.06. The van der Waals surface area contributed by atoms with Gasteiger partial charge in [0, 0.05) is 6.54 Å². The second kappa shape index (κ2) is 10.8. The van der Waals surface area contributed by atoms with Crippen LogP contribution in [0.2, 0.25) is 0 Å². The molecule has 4 nitrogen and oxygen atoms in total. The minimum atomic E-state index is -0.658. The van der Waals surface area contributed by atoms with Crippen molar-refractivity contribution in [1.29, 1.82) is 0 Å². The summed E-state index contributed by atoms with van der Waals surface area (Å²) in [6.07, 6.45) is 2.17. The molecule has 0 fully saturated rings. The molecule has 0 amide bonds. The molecule has 1 rings (SSSR count). The van der Waals surface area contributed by atoms with E-state index in [0.29, 0.717) is 18.4 Å². The van der Waals surface area contributed by atoms with Crippen molar-refractivity contribution in [3.63, 3.8) is 0 Å². The minimum Gasteiger partial charge on any atom is -0.462 e. The minimum absolute atomic E-state index is 0.0424. The molecule has 0 saturated heterocycles. The fourth-order valence-corrected chi connectivity index (χ4v) is 3.39. The second-order valence-electron chi connectivity index (χ2n) is 8.69. The molecule has 27 heavy (non-hydrogen) atoms. The Hall–Kier alpha value is -1.39. The summed E-state index contributed by atoms with van der Waals surface area (Å²) in [4.78, 5) is 14.5. The van der Waals surface area contributed by atoms with Gasteiger partial charge in [-0.15, -0.1) is 0 Å². The van der Waals surface area contributed by atoms with Gasteiger partial charge in [-0.2, -0.15) is 0 Å². The molecule has 3 atom stereocenters. The average molecular weight is 378 g/mol. The van der Waals surface area contributed by atoms with Gasteiger partial charge in [0.2, 0.25) is 0 Å². The van der Waals surface area contributed by atoms with Crippen LogP contribution < -0.4 is 0 Å². The van der Waals surface area contributed by atoms with E-state index in [1.807, 2.05) is 32.8 Å². The van der Waals surface area contributed by atoms with Crippen LogP contribution in [0.3, 0.4) is 0 Å². The molecule has 0 aliphatic heterocycles. The molecule has 0 bridgehead atoms. The molecule has 0 aromatic heterocycles. The Kier molecular flexibility index (Phi) is 9.48. The molecule has 0 aliphatic rings.